The molecule has 0 fully saturated rings. The predicted octanol–water partition coefficient (Wildman–Crippen LogP) is 3.17. The minimum atomic E-state index is 0.202. The maximum Gasteiger partial charge on any atom is 0.227 e. The number of nitrogens with two attached hydrogens (primary N) is 1. The molecule has 2 aromatic carbocycles. The highest BCUT2D eigenvalue weighted by Gasteiger charge is 2.12. The summed E-state index contributed by atoms with van der Waals surface area (Å²) in [6, 6.07) is 10.9. The molecule has 0 amide bonds. The van der Waals surface area contributed by atoms with Gasteiger partial charge in [-0.15, -0.1) is 0 Å². The Hall–Kier alpha value is -2.80. The number of nitrogens with zero attached hydrogens (tertiary/aromatic N) is 1. The van der Waals surface area contributed by atoms with Gasteiger partial charge in [0.2, 0.25) is 5.89 Å². The van der Waals surface area contributed by atoms with Gasteiger partial charge in [-0.05, 0) is 48.6 Å². The SMILES string of the molecule is COc1ccc(-c2nc3cc(NC(N)=S)ccc3o2)cc1OC. The summed E-state index contributed by atoms with van der Waals surface area (Å²) in [6.45, 7) is 0. The zero-order valence-corrected chi connectivity index (χ0v) is 13.4. The van der Waals surface area contributed by atoms with E-state index in [9.17, 15) is 0 Å². The van der Waals surface area contributed by atoms with Crippen molar-refractivity contribution >= 4 is 34.1 Å². The number of anilines is 1. The Bertz CT molecular complexity index is 876. The van der Waals surface area contributed by atoms with Crippen molar-refractivity contribution in [3.8, 4) is 23.0 Å². The molecule has 1 aromatic heterocycles. The van der Waals surface area contributed by atoms with Crippen LogP contribution in [0.2, 0.25) is 0 Å². The lowest BCUT2D eigenvalue weighted by Gasteiger charge is -2.07. The van der Waals surface area contributed by atoms with E-state index in [1.165, 1.54) is 0 Å². The molecule has 0 spiro atoms. The van der Waals surface area contributed by atoms with Gasteiger partial charge >= 0.3 is 0 Å². The number of benzene rings is 2. The molecular weight excluding hydrogens is 314 g/mol. The molecule has 1 heterocycles. The van der Waals surface area contributed by atoms with Crippen molar-refractivity contribution in [1.29, 1.82) is 0 Å². The number of rotatable bonds is 4. The van der Waals surface area contributed by atoms with Gasteiger partial charge in [0.25, 0.3) is 0 Å². The highest BCUT2D eigenvalue weighted by molar-refractivity contribution is 7.80. The van der Waals surface area contributed by atoms with Crippen LogP contribution in [0.5, 0.6) is 11.5 Å². The first-order chi connectivity index (χ1) is 11.1. The van der Waals surface area contributed by atoms with E-state index in [1.54, 1.807) is 14.2 Å². The smallest absolute Gasteiger partial charge is 0.227 e. The molecule has 0 saturated carbocycles. The number of methoxy groups -OCH3 is 2. The highest BCUT2D eigenvalue weighted by atomic mass is 32.1. The van der Waals surface area contributed by atoms with Crippen molar-refractivity contribution in [2.24, 2.45) is 5.73 Å². The monoisotopic (exact) mass is 329 g/mol. The van der Waals surface area contributed by atoms with Crippen molar-refractivity contribution < 1.29 is 13.9 Å². The lowest BCUT2D eigenvalue weighted by Crippen LogP contribution is -2.18. The van der Waals surface area contributed by atoms with Gasteiger partial charge in [-0.2, -0.15) is 0 Å². The number of oxazole rings is 1. The third-order valence-corrected chi connectivity index (χ3v) is 3.39. The number of ether oxygens (including phenoxy) is 2. The standard InChI is InChI=1S/C16H15N3O3S/c1-20-13-5-3-9(7-14(13)21-2)15-19-11-8-10(18-16(17)23)4-6-12(11)22-15/h3-8H,1-2H3,(H3,17,18,23). The molecule has 0 aliphatic carbocycles. The van der Waals surface area contributed by atoms with Crippen LogP contribution in [0.25, 0.3) is 22.6 Å². The number of hydrogen-bond donors (Lipinski definition) is 2. The molecule has 118 valence electrons. The van der Waals surface area contributed by atoms with Crippen molar-refractivity contribution in [2.75, 3.05) is 19.5 Å². The molecule has 6 nitrogen and oxygen atoms in total. The van der Waals surface area contributed by atoms with Crippen LogP contribution in [0.15, 0.2) is 40.8 Å². The second-order valence-electron chi connectivity index (χ2n) is 4.76. The van der Waals surface area contributed by atoms with E-state index in [-0.39, 0.29) is 5.11 Å². The highest BCUT2D eigenvalue weighted by Crippen LogP contribution is 2.33. The van der Waals surface area contributed by atoms with Crippen LogP contribution in [-0.4, -0.2) is 24.3 Å². The maximum atomic E-state index is 5.79. The van der Waals surface area contributed by atoms with Gasteiger partial charge in [0.05, 0.1) is 14.2 Å². The zero-order chi connectivity index (χ0) is 16.4. The van der Waals surface area contributed by atoms with Crippen LogP contribution >= 0.6 is 12.2 Å². The Kier molecular flexibility index (Phi) is 4.03. The van der Waals surface area contributed by atoms with Gasteiger partial charge in [-0.25, -0.2) is 4.98 Å². The molecule has 3 rings (SSSR count). The van der Waals surface area contributed by atoms with E-state index in [1.807, 2.05) is 36.4 Å². The van der Waals surface area contributed by atoms with Crippen molar-refractivity contribution in [3.05, 3.63) is 36.4 Å². The first kappa shape index (κ1) is 15.1. The fraction of sp³-hybridized carbons (Fsp3) is 0.125. The number of aromatic nitrogens is 1. The Morgan fingerprint density at radius 1 is 1.13 bits per heavy atom. The molecule has 3 N–H and O–H groups in total. The van der Waals surface area contributed by atoms with Crippen LogP contribution in [0.4, 0.5) is 5.69 Å². The van der Waals surface area contributed by atoms with Crippen LogP contribution in [0.1, 0.15) is 0 Å². The van der Waals surface area contributed by atoms with E-state index in [0.29, 0.717) is 28.5 Å². The maximum absolute atomic E-state index is 5.79. The van der Waals surface area contributed by atoms with Gasteiger partial charge in [-0.3, -0.25) is 0 Å². The topological polar surface area (TPSA) is 82.5 Å². The fourth-order valence-electron chi connectivity index (χ4n) is 2.24. The van der Waals surface area contributed by atoms with Crippen molar-refractivity contribution in [2.45, 2.75) is 0 Å². The molecule has 3 aromatic rings. The van der Waals surface area contributed by atoms with Gasteiger partial charge in [0.1, 0.15) is 5.52 Å². The fourth-order valence-corrected chi connectivity index (χ4v) is 2.36. The summed E-state index contributed by atoms with van der Waals surface area (Å²) in [7, 11) is 3.18. The first-order valence-corrected chi connectivity index (χ1v) is 7.21. The summed E-state index contributed by atoms with van der Waals surface area (Å²) in [4.78, 5) is 4.49. The molecule has 0 radical (unpaired) electrons. The first-order valence-electron chi connectivity index (χ1n) is 6.80. The molecule has 0 atom stereocenters. The summed E-state index contributed by atoms with van der Waals surface area (Å²) in [5, 5.41) is 3.07. The van der Waals surface area contributed by atoms with E-state index in [2.05, 4.69) is 10.3 Å². The second-order valence-corrected chi connectivity index (χ2v) is 5.20. The van der Waals surface area contributed by atoms with Crippen LogP contribution < -0.4 is 20.5 Å². The lowest BCUT2D eigenvalue weighted by atomic mass is 10.2. The normalized spacial score (nSPS) is 10.5. The number of thiocarbonyl (C=S) groups is 1. The number of hydrogen-bond acceptors (Lipinski definition) is 5. The Morgan fingerprint density at radius 3 is 2.61 bits per heavy atom. The average Bonchev–Trinajstić information content (AvgIpc) is 2.96. The van der Waals surface area contributed by atoms with Gasteiger partial charge in [0, 0.05) is 11.3 Å². The molecule has 0 saturated heterocycles. The predicted molar refractivity (Wildman–Crippen MR) is 93.0 cm³/mol. The molecule has 0 unspecified atom stereocenters. The van der Waals surface area contributed by atoms with E-state index in [0.717, 1.165) is 11.3 Å². The summed E-state index contributed by atoms with van der Waals surface area (Å²) in [5.41, 5.74) is 8.40. The van der Waals surface area contributed by atoms with Crippen LogP contribution in [0, 0.1) is 0 Å². The molecule has 0 aliphatic heterocycles. The third-order valence-electron chi connectivity index (χ3n) is 3.29. The second kappa shape index (κ2) is 6.13. The van der Waals surface area contributed by atoms with Gasteiger partial charge in [0.15, 0.2) is 22.2 Å². The lowest BCUT2D eigenvalue weighted by molar-refractivity contribution is 0.355. The number of fused-ring (bicyclic) bond motifs is 1. The van der Waals surface area contributed by atoms with E-state index < -0.39 is 0 Å². The molecule has 7 heteroatoms. The number of nitrogens with one attached hydrogen (secondary N) is 1. The molecule has 0 bridgehead atoms. The zero-order valence-electron chi connectivity index (χ0n) is 12.6. The summed E-state index contributed by atoms with van der Waals surface area (Å²) < 4.78 is 16.3. The molecule has 0 aliphatic rings. The van der Waals surface area contributed by atoms with Gasteiger partial charge < -0.3 is 24.9 Å². The average molecular weight is 329 g/mol. The Labute approximate surface area is 138 Å². The Morgan fingerprint density at radius 2 is 1.91 bits per heavy atom. The Balaban J connectivity index is 2.01. The minimum Gasteiger partial charge on any atom is -0.493 e. The third kappa shape index (κ3) is 3.04. The summed E-state index contributed by atoms with van der Waals surface area (Å²) in [6.07, 6.45) is 0. The quantitative estimate of drug-likeness (QED) is 0.711. The van der Waals surface area contributed by atoms with E-state index >= 15 is 0 Å². The minimum absolute atomic E-state index is 0.202. The van der Waals surface area contributed by atoms with Crippen molar-refractivity contribution in [3.63, 3.8) is 0 Å². The van der Waals surface area contributed by atoms with Gasteiger partial charge in [-0.1, -0.05) is 0 Å². The summed E-state index contributed by atoms with van der Waals surface area (Å²) >= 11 is 4.83. The largest absolute Gasteiger partial charge is 0.493 e. The van der Waals surface area contributed by atoms with Crippen molar-refractivity contribution in [1.82, 2.24) is 4.98 Å². The molecule has 23 heavy (non-hydrogen) atoms. The van der Waals surface area contributed by atoms with E-state index in [4.69, 9.17) is 31.8 Å². The van der Waals surface area contributed by atoms with Crippen LogP contribution in [-0.2, 0) is 0 Å². The summed E-state index contributed by atoms with van der Waals surface area (Å²) in [5.74, 6) is 1.76. The molecular formula is C16H15N3O3S. The van der Waals surface area contributed by atoms with Crippen LogP contribution in [0.3, 0.4) is 0 Å².